The maximum Gasteiger partial charge on any atom is 0.0117 e. The molecule has 0 saturated carbocycles. The van der Waals surface area contributed by atoms with E-state index >= 15 is 0 Å². The SMILES string of the molecule is CCCC1=C(C)C(CC)Cc2ccc3ccccc3c2C1(C)C. The molecule has 0 fully saturated rings. The summed E-state index contributed by atoms with van der Waals surface area (Å²) >= 11 is 0. The largest absolute Gasteiger partial charge is 0.0698 e. The number of allylic oxidation sites excluding steroid dienone is 2. The van der Waals surface area contributed by atoms with Crippen molar-refractivity contribution in [2.24, 2.45) is 5.92 Å². The van der Waals surface area contributed by atoms with Crippen molar-refractivity contribution in [1.29, 1.82) is 0 Å². The molecular formula is C23H30. The van der Waals surface area contributed by atoms with Crippen molar-refractivity contribution in [2.45, 2.75) is 65.7 Å². The fraction of sp³-hybridized carbons (Fsp3) is 0.478. The quantitative estimate of drug-likeness (QED) is 0.546. The average molecular weight is 306 g/mol. The lowest BCUT2D eigenvalue weighted by atomic mass is 9.72. The first kappa shape index (κ1) is 16.3. The van der Waals surface area contributed by atoms with Gasteiger partial charge in [-0.1, -0.05) is 81.7 Å². The second-order valence-electron chi connectivity index (χ2n) is 7.67. The van der Waals surface area contributed by atoms with Crippen LogP contribution in [-0.2, 0) is 11.8 Å². The van der Waals surface area contributed by atoms with Gasteiger partial charge in [0.2, 0.25) is 0 Å². The van der Waals surface area contributed by atoms with Crippen LogP contribution in [0.25, 0.3) is 10.8 Å². The average Bonchev–Trinajstić information content (AvgIpc) is 2.63. The second-order valence-corrected chi connectivity index (χ2v) is 7.67. The van der Waals surface area contributed by atoms with Gasteiger partial charge in [0.25, 0.3) is 0 Å². The summed E-state index contributed by atoms with van der Waals surface area (Å²) in [6.07, 6.45) is 4.88. The predicted octanol–water partition coefficient (Wildman–Crippen LogP) is 6.82. The molecule has 0 heteroatoms. The van der Waals surface area contributed by atoms with E-state index in [4.69, 9.17) is 0 Å². The summed E-state index contributed by atoms with van der Waals surface area (Å²) in [7, 11) is 0. The Morgan fingerprint density at radius 1 is 1.04 bits per heavy atom. The van der Waals surface area contributed by atoms with E-state index in [1.54, 1.807) is 22.3 Å². The second kappa shape index (κ2) is 6.15. The molecule has 0 aliphatic heterocycles. The van der Waals surface area contributed by atoms with E-state index < -0.39 is 0 Å². The topological polar surface area (TPSA) is 0 Å². The highest BCUT2D eigenvalue weighted by molar-refractivity contribution is 5.88. The molecule has 122 valence electrons. The first-order valence-electron chi connectivity index (χ1n) is 9.21. The van der Waals surface area contributed by atoms with Crippen LogP contribution >= 0.6 is 0 Å². The first-order chi connectivity index (χ1) is 11.0. The summed E-state index contributed by atoms with van der Waals surface area (Å²) in [5, 5.41) is 2.83. The number of hydrogen-bond acceptors (Lipinski definition) is 0. The number of benzene rings is 2. The van der Waals surface area contributed by atoms with Gasteiger partial charge in [0.1, 0.15) is 0 Å². The van der Waals surface area contributed by atoms with Gasteiger partial charge in [0, 0.05) is 5.41 Å². The lowest BCUT2D eigenvalue weighted by molar-refractivity contribution is 0.558. The minimum atomic E-state index is 0.125. The Labute approximate surface area is 141 Å². The Kier molecular flexibility index (Phi) is 4.36. The summed E-state index contributed by atoms with van der Waals surface area (Å²) in [6, 6.07) is 13.6. The standard InChI is InChI=1S/C23H30/c1-6-10-21-16(3)17(7-2)15-19-14-13-18-11-8-9-12-20(18)22(19)23(21,4)5/h8-9,11-14,17H,6-7,10,15H2,1-5H3. The molecule has 2 aromatic rings. The highest BCUT2D eigenvalue weighted by Crippen LogP contribution is 2.46. The van der Waals surface area contributed by atoms with Crippen molar-refractivity contribution in [2.75, 3.05) is 0 Å². The zero-order valence-corrected chi connectivity index (χ0v) is 15.4. The summed E-state index contributed by atoms with van der Waals surface area (Å²) in [5.74, 6) is 0.693. The third-order valence-corrected chi connectivity index (χ3v) is 5.94. The number of rotatable bonds is 3. The lowest BCUT2D eigenvalue weighted by Gasteiger charge is -2.32. The van der Waals surface area contributed by atoms with Crippen LogP contribution in [0.5, 0.6) is 0 Å². The Bertz CT molecular complexity index is 746. The van der Waals surface area contributed by atoms with Gasteiger partial charge < -0.3 is 0 Å². The Morgan fingerprint density at radius 2 is 1.78 bits per heavy atom. The highest BCUT2D eigenvalue weighted by Gasteiger charge is 2.35. The molecule has 1 aliphatic carbocycles. The van der Waals surface area contributed by atoms with Gasteiger partial charge in [0.15, 0.2) is 0 Å². The summed E-state index contributed by atoms with van der Waals surface area (Å²) in [4.78, 5) is 0. The fourth-order valence-corrected chi connectivity index (χ4v) is 4.74. The normalized spacial score (nSPS) is 20.5. The Balaban J connectivity index is 2.34. The highest BCUT2D eigenvalue weighted by atomic mass is 14.4. The third-order valence-electron chi connectivity index (χ3n) is 5.94. The summed E-state index contributed by atoms with van der Waals surface area (Å²) < 4.78 is 0. The maximum absolute atomic E-state index is 2.45. The molecule has 23 heavy (non-hydrogen) atoms. The van der Waals surface area contributed by atoms with Crippen molar-refractivity contribution in [1.82, 2.24) is 0 Å². The van der Waals surface area contributed by atoms with E-state index in [9.17, 15) is 0 Å². The fourth-order valence-electron chi connectivity index (χ4n) is 4.74. The van der Waals surface area contributed by atoms with Crippen molar-refractivity contribution >= 4 is 10.8 Å². The van der Waals surface area contributed by atoms with Gasteiger partial charge in [-0.2, -0.15) is 0 Å². The molecule has 0 N–H and O–H groups in total. The van der Waals surface area contributed by atoms with E-state index in [0.717, 1.165) is 0 Å². The van der Waals surface area contributed by atoms with Crippen LogP contribution < -0.4 is 0 Å². The van der Waals surface area contributed by atoms with E-state index in [1.807, 2.05) is 0 Å². The Hall–Kier alpha value is -1.56. The minimum Gasteiger partial charge on any atom is -0.0698 e. The lowest BCUT2D eigenvalue weighted by Crippen LogP contribution is -2.22. The molecule has 0 saturated heterocycles. The molecule has 0 nitrogen and oxygen atoms in total. The van der Waals surface area contributed by atoms with Crippen LogP contribution in [0.4, 0.5) is 0 Å². The van der Waals surface area contributed by atoms with E-state index in [0.29, 0.717) is 5.92 Å². The molecular weight excluding hydrogens is 276 g/mol. The van der Waals surface area contributed by atoms with Crippen LogP contribution in [0, 0.1) is 5.92 Å². The molecule has 0 heterocycles. The molecule has 0 radical (unpaired) electrons. The molecule has 0 spiro atoms. The van der Waals surface area contributed by atoms with Gasteiger partial charge in [-0.15, -0.1) is 0 Å². The van der Waals surface area contributed by atoms with Crippen molar-refractivity contribution in [3.63, 3.8) is 0 Å². The van der Waals surface area contributed by atoms with Gasteiger partial charge in [-0.25, -0.2) is 0 Å². The van der Waals surface area contributed by atoms with Crippen LogP contribution in [0.2, 0.25) is 0 Å². The van der Waals surface area contributed by atoms with E-state index in [-0.39, 0.29) is 5.41 Å². The van der Waals surface area contributed by atoms with Crippen LogP contribution in [0.15, 0.2) is 47.5 Å². The van der Waals surface area contributed by atoms with Crippen molar-refractivity contribution < 1.29 is 0 Å². The van der Waals surface area contributed by atoms with E-state index in [1.165, 1.54) is 36.5 Å². The van der Waals surface area contributed by atoms with Crippen LogP contribution in [0.3, 0.4) is 0 Å². The van der Waals surface area contributed by atoms with Crippen molar-refractivity contribution in [3.05, 3.63) is 58.7 Å². The monoisotopic (exact) mass is 306 g/mol. The predicted molar refractivity (Wildman–Crippen MR) is 102 cm³/mol. The molecule has 1 aliphatic rings. The van der Waals surface area contributed by atoms with Gasteiger partial charge in [-0.05, 0) is 54.0 Å². The zero-order chi connectivity index (χ0) is 16.6. The zero-order valence-electron chi connectivity index (χ0n) is 15.4. The molecule has 0 bridgehead atoms. The van der Waals surface area contributed by atoms with Crippen LogP contribution in [0.1, 0.15) is 65.0 Å². The smallest absolute Gasteiger partial charge is 0.0117 e. The van der Waals surface area contributed by atoms with Gasteiger partial charge >= 0.3 is 0 Å². The first-order valence-corrected chi connectivity index (χ1v) is 9.21. The third kappa shape index (κ3) is 2.63. The van der Waals surface area contributed by atoms with Crippen LogP contribution in [-0.4, -0.2) is 0 Å². The maximum atomic E-state index is 2.45. The minimum absolute atomic E-state index is 0.125. The Morgan fingerprint density at radius 3 is 2.48 bits per heavy atom. The molecule has 1 atom stereocenters. The number of fused-ring (bicyclic) bond motifs is 3. The summed E-state index contributed by atoms with van der Waals surface area (Å²) in [5.41, 5.74) is 6.60. The molecule has 0 aromatic heterocycles. The van der Waals surface area contributed by atoms with Crippen molar-refractivity contribution in [3.8, 4) is 0 Å². The molecule has 3 rings (SSSR count). The van der Waals surface area contributed by atoms with Gasteiger partial charge in [0.05, 0.1) is 0 Å². The molecule has 1 unspecified atom stereocenters. The molecule has 0 amide bonds. The van der Waals surface area contributed by atoms with E-state index in [2.05, 4.69) is 71.0 Å². The number of hydrogen-bond donors (Lipinski definition) is 0. The molecule has 2 aromatic carbocycles. The van der Waals surface area contributed by atoms with Gasteiger partial charge in [-0.3, -0.25) is 0 Å². The summed E-state index contributed by atoms with van der Waals surface area (Å²) in [6.45, 7) is 12.0.